The Labute approximate surface area is 89.9 Å². The Hall–Kier alpha value is -0.540. The van der Waals surface area contributed by atoms with Crippen molar-refractivity contribution in [2.45, 2.75) is 31.8 Å². The summed E-state index contributed by atoms with van der Waals surface area (Å²) in [5, 5.41) is 7.78. The van der Waals surface area contributed by atoms with E-state index in [-0.39, 0.29) is 0 Å². The zero-order valence-corrected chi connectivity index (χ0v) is 9.68. The first-order valence-corrected chi connectivity index (χ1v) is 6.21. The Morgan fingerprint density at radius 1 is 1.57 bits per heavy atom. The molecule has 3 heteroatoms. The van der Waals surface area contributed by atoms with E-state index in [1.165, 1.54) is 25.1 Å². The van der Waals surface area contributed by atoms with Gasteiger partial charge < -0.3 is 10.2 Å². The summed E-state index contributed by atoms with van der Waals surface area (Å²) in [6, 6.07) is 3.59. The molecule has 1 N–H and O–H groups in total. The van der Waals surface area contributed by atoms with Gasteiger partial charge in [-0.3, -0.25) is 0 Å². The molecule has 2 rings (SSSR count). The lowest BCUT2D eigenvalue weighted by Gasteiger charge is -2.38. The van der Waals surface area contributed by atoms with Gasteiger partial charge in [0.1, 0.15) is 0 Å². The SMILES string of the molecule is CNC1CCN(c2ccsc2)C(C)C1. The van der Waals surface area contributed by atoms with E-state index in [1.807, 2.05) is 0 Å². The molecule has 0 saturated carbocycles. The molecule has 0 aromatic carbocycles. The summed E-state index contributed by atoms with van der Waals surface area (Å²) < 4.78 is 0. The molecule has 2 nitrogen and oxygen atoms in total. The average molecular weight is 210 g/mol. The van der Waals surface area contributed by atoms with Crippen molar-refractivity contribution in [3.63, 3.8) is 0 Å². The number of hydrogen-bond acceptors (Lipinski definition) is 3. The van der Waals surface area contributed by atoms with Crippen LogP contribution in [0.5, 0.6) is 0 Å². The van der Waals surface area contributed by atoms with Gasteiger partial charge in [-0.2, -0.15) is 11.3 Å². The van der Waals surface area contributed by atoms with E-state index in [0.29, 0.717) is 12.1 Å². The van der Waals surface area contributed by atoms with Crippen molar-refractivity contribution in [1.82, 2.24) is 5.32 Å². The van der Waals surface area contributed by atoms with E-state index in [9.17, 15) is 0 Å². The summed E-state index contributed by atoms with van der Waals surface area (Å²) in [4.78, 5) is 2.52. The lowest BCUT2D eigenvalue weighted by molar-refractivity contribution is 0.387. The van der Waals surface area contributed by atoms with Gasteiger partial charge in [-0.1, -0.05) is 0 Å². The van der Waals surface area contributed by atoms with Crippen LogP contribution in [-0.4, -0.2) is 25.7 Å². The second-order valence-corrected chi connectivity index (χ2v) is 4.81. The molecule has 1 saturated heterocycles. The fourth-order valence-corrected chi connectivity index (χ4v) is 2.89. The predicted molar refractivity (Wildman–Crippen MR) is 63.2 cm³/mol. The lowest BCUT2D eigenvalue weighted by Crippen LogP contribution is -2.46. The van der Waals surface area contributed by atoms with Gasteiger partial charge in [-0.05, 0) is 38.3 Å². The number of piperidine rings is 1. The summed E-state index contributed by atoms with van der Waals surface area (Å²) in [5.74, 6) is 0. The van der Waals surface area contributed by atoms with Crippen molar-refractivity contribution in [2.24, 2.45) is 0 Å². The molecular weight excluding hydrogens is 192 g/mol. The van der Waals surface area contributed by atoms with E-state index in [2.05, 4.69) is 41.0 Å². The van der Waals surface area contributed by atoms with Gasteiger partial charge in [0.15, 0.2) is 0 Å². The minimum atomic E-state index is 0.663. The Morgan fingerprint density at radius 2 is 2.43 bits per heavy atom. The van der Waals surface area contributed by atoms with Crippen molar-refractivity contribution >= 4 is 17.0 Å². The highest BCUT2D eigenvalue weighted by Gasteiger charge is 2.24. The summed E-state index contributed by atoms with van der Waals surface area (Å²) in [6.07, 6.45) is 2.52. The standard InChI is InChI=1S/C11H18N2S/c1-9-7-10(12-2)3-5-13(9)11-4-6-14-8-11/h4,6,8-10,12H,3,5,7H2,1-2H3. The lowest BCUT2D eigenvalue weighted by atomic mass is 9.98. The van der Waals surface area contributed by atoms with Crippen molar-refractivity contribution in [3.8, 4) is 0 Å². The van der Waals surface area contributed by atoms with Crippen molar-refractivity contribution in [2.75, 3.05) is 18.5 Å². The highest BCUT2D eigenvalue weighted by atomic mass is 32.1. The van der Waals surface area contributed by atoms with Crippen LogP contribution in [0.1, 0.15) is 19.8 Å². The molecule has 0 radical (unpaired) electrons. The van der Waals surface area contributed by atoms with Gasteiger partial charge in [-0.25, -0.2) is 0 Å². The van der Waals surface area contributed by atoms with Crippen molar-refractivity contribution in [1.29, 1.82) is 0 Å². The normalized spacial score (nSPS) is 28.0. The van der Waals surface area contributed by atoms with Gasteiger partial charge >= 0.3 is 0 Å². The van der Waals surface area contributed by atoms with Crippen LogP contribution in [0, 0.1) is 0 Å². The summed E-state index contributed by atoms with van der Waals surface area (Å²) in [6.45, 7) is 3.50. The fraction of sp³-hybridized carbons (Fsp3) is 0.636. The third kappa shape index (κ3) is 1.93. The maximum absolute atomic E-state index is 3.38. The van der Waals surface area contributed by atoms with Gasteiger partial charge in [0, 0.05) is 29.7 Å². The van der Waals surface area contributed by atoms with Crippen molar-refractivity contribution < 1.29 is 0 Å². The third-order valence-electron chi connectivity index (χ3n) is 3.12. The molecule has 2 heterocycles. The van der Waals surface area contributed by atoms with Crippen LogP contribution >= 0.6 is 11.3 Å². The van der Waals surface area contributed by atoms with Gasteiger partial charge in [0.05, 0.1) is 0 Å². The van der Waals surface area contributed by atoms with E-state index in [1.54, 1.807) is 11.3 Å². The molecule has 1 aromatic rings. The number of rotatable bonds is 2. The van der Waals surface area contributed by atoms with Crippen LogP contribution < -0.4 is 10.2 Å². The quantitative estimate of drug-likeness (QED) is 0.806. The molecule has 1 aliphatic heterocycles. The molecule has 1 aliphatic rings. The molecule has 14 heavy (non-hydrogen) atoms. The first-order chi connectivity index (χ1) is 6.81. The predicted octanol–water partition coefficient (Wildman–Crippen LogP) is 2.32. The van der Waals surface area contributed by atoms with Crippen LogP contribution in [-0.2, 0) is 0 Å². The highest BCUT2D eigenvalue weighted by Crippen LogP contribution is 2.26. The molecule has 1 aromatic heterocycles. The highest BCUT2D eigenvalue weighted by molar-refractivity contribution is 7.08. The summed E-state index contributed by atoms with van der Waals surface area (Å²) in [5.41, 5.74) is 1.40. The molecular formula is C11H18N2S. The topological polar surface area (TPSA) is 15.3 Å². The Balaban J connectivity index is 2.02. The van der Waals surface area contributed by atoms with Gasteiger partial charge in [0.2, 0.25) is 0 Å². The first-order valence-electron chi connectivity index (χ1n) is 5.27. The first kappa shape index (κ1) is 9.99. The molecule has 0 aliphatic carbocycles. The molecule has 0 amide bonds. The summed E-state index contributed by atoms with van der Waals surface area (Å²) >= 11 is 1.78. The number of thiophene rings is 1. The Kier molecular flexibility index (Phi) is 3.08. The van der Waals surface area contributed by atoms with Gasteiger partial charge in [-0.15, -0.1) is 0 Å². The van der Waals surface area contributed by atoms with E-state index < -0.39 is 0 Å². The molecule has 78 valence electrons. The van der Waals surface area contributed by atoms with Crippen molar-refractivity contribution in [3.05, 3.63) is 16.8 Å². The largest absolute Gasteiger partial charge is 0.368 e. The van der Waals surface area contributed by atoms with Crippen LogP contribution in [0.15, 0.2) is 16.8 Å². The fourth-order valence-electron chi connectivity index (χ4n) is 2.24. The molecule has 0 spiro atoms. The maximum atomic E-state index is 3.38. The smallest absolute Gasteiger partial charge is 0.0477 e. The Morgan fingerprint density at radius 3 is 3.00 bits per heavy atom. The number of nitrogens with zero attached hydrogens (tertiary/aromatic N) is 1. The van der Waals surface area contributed by atoms with E-state index >= 15 is 0 Å². The molecule has 0 bridgehead atoms. The Bertz CT molecular complexity index is 271. The number of hydrogen-bond donors (Lipinski definition) is 1. The zero-order chi connectivity index (χ0) is 9.97. The molecule has 1 fully saturated rings. The second kappa shape index (κ2) is 4.32. The monoisotopic (exact) mass is 210 g/mol. The van der Waals surface area contributed by atoms with Crippen LogP contribution in [0.4, 0.5) is 5.69 Å². The van der Waals surface area contributed by atoms with Crippen LogP contribution in [0.2, 0.25) is 0 Å². The number of anilines is 1. The minimum Gasteiger partial charge on any atom is -0.368 e. The van der Waals surface area contributed by atoms with E-state index in [0.717, 1.165) is 0 Å². The van der Waals surface area contributed by atoms with E-state index in [4.69, 9.17) is 0 Å². The minimum absolute atomic E-state index is 0.663. The molecule has 2 atom stereocenters. The maximum Gasteiger partial charge on any atom is 0.0477 e. The summed E-state index contributed by atoms with van der Waals surface area (Å²) in [7, 11) is 2.07. The molecule has 2 unspecified atom stereocenters. The second-order valence-electron chi connectivity index (χ2n) is 4.03. The number of nitrogens with one attached hydrogen (secondary N) is 1. The average Bonchev–Trinajstić information content (AvgIpc) is 2.70. The van der Waals surface area contributed by atoms with Gasteiger partial charge in [0.25, 0.3) is 0 Å². The van der Waals surface area contributed by atoms with Crippen LogP contribution in [0.3, 0.4) is 0 Å². The third-order valence-corrected chi connectivity index (χ3v) is 3.79. The van der Waals surface area contributed by atoms with Crippen LogP contribution in [0.25, 0.3) is 0 Å². The zero-order valence-electron chi connectivity index (χ0n) is 8.86.